The summed E-state index contributed by atoms with van der Waals surface area (Å²) in [5, 5.41) is 0. The molecule has 0 radical (unpaired) electrons. The molecule has 45 heavy (non-hydrogen) atoms. The van der Waals surface area contributed by atoms with Crippen LogP contribution in [0.5, 0.6) is 0 Å². The molecule has 0 bridgehead atoms. The largest absolute Gasteiger partial charge is 0.213 e. The van der Waals surface area contributed by atoms with Gasteiger partial charge in [0.15, 0.2) is 17.9 Å². The Morgan fingerprint density at radius 1 is 0.689 bits per heavy atom. The highest BCUT2D eigenvalue weighted by atomic mass is 15.1. The summed E-state index contributed by atoms with van der Waals surface area (Å²) in [6.45, 7) is 12.6. The molecule has 2 heteroatoms. The molecule has 1 atom stereocenters. The van der Waals surface area contributed by atoms with Gasteiger partial charge in [0.05, 0.1) is 11.5 Å². The second kappa shape index (κ2) is 13.5. The van der Waals surface area contributed by atoms with Crippen LogP contribution in [-0.2, 0) is 24.9 Å². The van der Waals surface area contributed by atoms with Gasteiger partial charge in [-0.3, -0.25) is 0 Å². The average Bonchev–Trinajstić information content (AvgIpc) is 3.10. The number of unbranched alkanes of at least 4 members (excludes halogenated alkanes) is 1. The fraction of sp³-hybridized carbons (Fsp3) is 0.349. The number of rotatable bonds is 11. The number of fused-ring (bicyclic) bond motifs is 3. The van der Waals surface area contributed by atoms with Crippen LogP contribution in [-0.4, -0.2) is 0 Å². The first kappa shape index (κ1) is 31.0. The van der Waals surface area contributed by atoms with Crippen LogP contribution in [0.25, 0.3) is 33.6 Å². The summed E-state index contributed by atoms with van der Waals surface area (Å²) < 4.78 is 5.22. The molecule has 0 spiro atoms. The predicted octanol–water partition coefficient (Wildman–Crippen LogP) is 10.2. The summed E-state index contributed by atoms with van der Waals surface area (Å²) in [6.07, 6.45) is 12.8. The minimum atomic E-state index is 0.0335. The van der Waals surface area contributed by atoms with E-state index in [1.807, 2.05) is 0 Å². The van der Waals surface area contributed by atoms with Crippen molar-refractivity contribution < 1.29 is 9.13 Å². The molecule has 1 aliphatic rings. The van der Waals surface area contributed by atoms with E-state index < -0.39 is 0 Å². The zero-order valence-electron chi connectivity index (χ0n) is 28.0. The van der Waals surface area contributed by atoms with Gasteiger partial charge in [-0.1, -0.05) is 94.8 Å². The monoisotopic (exact) mass is 594 g/mol. The Morgan fingerprint density at radius 3 is 2.18 bits per heavy atom. The van der Waals surface area contributed by atoms with Crippen molar-refractivity contribution in [2.75, 3.05) is 0 Å². The average molecular weight is 595 g/mol. The maximum absolute atomic E-state index is 2.70. The lowest BCUT2D eigenvalue weighted by molar-refractivity contribution is -0.765. The number of pyridine rings is 2. The molecule has 3 aromatic carbocycles. The zero-order valence-corrected chi connectivity index (χ0v) is 28.0. The lowest BCUT2D eigenvalue weighted by Gasteiger charge is -2.40. The van der Waals surface area contributed by atoms with Gasteiger partial charge in [-0.2, -0.15) is 9.13 Å². The first-order valence-corrected chi connectivity index (χ1v) is 17.4. The summed E-state index contributed by atoms with van der Waals surface area (Å²) in [4.78, 5) is 0. The summed E-state index contributed by atoms with van der Waals surface area (Å²) in [5.41, 5.74) is 13.7. The minimum absolute atomic E-state index is 0.0335. The van der Waals surface area contributed by atoms with Crippen molar-refractivity contribution in [2.45, 2.75) is 97.6 Å². The third-order valence-electron chi connectivity index (χ3n) is 10.6. The van der Waals surface area contributed by atoms with Crippen LogP contribution in [0.2, 0.25) is 0 Å². The van der Waals surface area contributed by atoms with E-state index in [4.69, 9.17) is 0 Å². The van der Waals surface area contributed by atoms with Crippen molar-refractivity contribution in [1.29, 1.82) is 0 Å². The van der Waals surface area contributed by atoms with Crippen LogP contribution in [0, 0.1) is 6.92 Å². The summed E-state index contributed by atoms with van der Waals surface area (Å²) in [6, 6.07) is 36.5. The molecular formula is C43H50N2+2. The number of aromatic nitrogens is 2. The van der Waals surface area contributed by atoms with Gasteiger partial charge in [0.1, 0.15) is 6.54 Å². The first-order chi connectivity index (χ1) is 22.0. The maximum atomic E-state index is 2.70. The minimum Gasteiger partial charge on any atom is -0.198 e. The molecule has 230 valence electrons. The quantitative estimate of drug-likeness (QED) is 0.134. The van der Waals surface area contributed by atoms with Crippen molar-refractivity contribution >= 4 is 0 Å². The van der Waals surface area contributed by atoms with E-state index in [1.165, 1.54) is 68.7 Å². The molecule has 0 saturated carbocycles. The predicted molar refractivity (Wildman–Crippen MR) is 188 cm³/mol. The molecule has 0 saturated heterocycles. The molecule has 0 amide bonds. The number of hydrogen-bond acceptors (Lipinski definition) is 0. The second-order valence-corrected chi connectivity index (χ2v) is 13.0. The molecule has 0 N–H and O–H groups in total. The van der Waals surface area contributed by atoms with Gasteiger partial charge in [0.25, 0.3) is 0 Å². The standard InChI is InChI=1S/C43H50N2/c1-6-10-17-34-21-23-38-39(29-34)41-24-22-33(7-2)31-45(41)43(8-3,9-4)40(38)26-28-44-27-25-36(35-18-12-11-13-19-35)30-42(44)37-20-15-14-16-32(37)5/h11-16,18-25,27,29-31,40H,6-10,17,26,28H2,1-5H3/q+2. The Kier molecular flexibility index (Phi) is 9.31. The lowest BCUT2D eigenvalue weighted by Crippen LogP contribution is -2.62. The van der Waals surface area contributed by atoms with E-state index >= 15 is 0 Å². The van der Waals surface area contributed by atoms with Crippen LogP contribution in [0.4, 0.5) is 0 Å². The van der Waals surface area contributed by atoms with E-state index in [1.54, 1.807) is 0 Å². The van der Waals surface area contributed by atoms with Gasteiger partial charge in [-0.15, -0.1) is 0 Å². The molecule has 3 heterocycles. The van der Waals surface area contributed by atoms with E-state index in [2.05, 4.69) is 153 Å². The molecule has 1 unspecified atom stereocenters. The van der Waals surface area contributed by atoms with Gasteiger partial charge in [-0.25, -0.2) is 0 Å². The van der Waals surface area contributed by atoms with Crippen molar-refractivity contribution in [2.24, 2.45) is 0 Å². The number of hydrogen-bond donors (Lipinski definition) is 0. The van der Waals surface area contributed by atoms with Crippen LogP contribution in [0.15, 0.2) is 109 Å². The van der Waals surface area contributed by atoms with Crippen molar-refractivity contribution in [3.8, 4) is 33.6 Å². The Labute approximate surface area is 271 Å². The summed E-state index contributed by atoms with van der Waals surface area (Å²) >= 11 is 0. The van der Waals surface area contributed by atoms with Gasteiger partial charge >= 0.3 is 0 Å². The number of nitrogens with zero attached hydrogens (tertiary/aromatic N) is 2. The highest BCUT2D eigenvalue weighted by molar-refractivity contribution is 5.70. The lowest BCUT2D eigenvalue weighted by atomic mass is 9.68. The highest BCUT2D eigenvalue weighted by Gasteiger charge is 2.51. The van der Waals surface area contributed by atoms with Crippen molar-refractivity contribution in [3.63, 3.8) is 0 Å². The maximum Gasteiger partial charge on any atom is 0.213 e. The summed E-state index contributed by atoms with van der Waals surface area (Å²) in [7, 11) is 0. The molecule has 5 aromatic rings. The molecule has 0 aliphatic carbocycles. The fourth-order valence-electron chi connectivity index (χ4n) is 7.87. The molecule has 6 rings (SSSR count). The van der Waals surface area contributed by atoms with E-state index in [0.29, 0.717) is 5.92 Å². The molecule has 2 nitrogen and oxygen atoms in total. The third kappa shape index (κ3) is 5.88. The van der Waals surface area contributed by atoms with Gasteiger partial charge < -0.3 is 0 Å². The Morgan fingerprint density at radius 2 is 1.44 bits per heavy atom. The van der Waals surface area contributed by atoms with Crippen LogP contribution in [0.3, 0.4) is 0 Å². The van der Waals surface area contributed by atoms with Crippen molar-refractivity contribution in [3.05, 3.63) is 132 Å². The highest BCUT2D eigenvalue weighted by Crippen LogP contribution is 2.47. The molecular weight excluding hydrogens is 544 g/mol. The smallest absolute Gasteiger partial charge is 0.198 e. The van der Waals surface area contributed by atoms with E-state index in [-0.39, 0.29) is 5.54 Å². The second-order valence-electron chi connectivity index (χ2n) is 13.0. The van der Waals surface area contributed by atoms with Crippen LogP contribution < -0.4 is 9.13 Å². The zero-order chi connectivity index (χ0) is 31.4. The van der Waals surface area contributed by atoms with Gasteiger partial charge in [-0.05, 0) is 72.2 Å². The Bertz CT molecular complexity index is 1760. The van der Waals surface area contributed by atoms with E-state index in [9.17, 15) is 0 Å². The number of aryl methyl sites for hydroxylation is 4. The normalized spacial score (nSPS) is 15.0. The third-order valence-corrected chi connectivity index (χ3v) is 10.6. The molecule has 1 aliphatic heterocycles. The van der Waals surface area contributed by atoms with E-state index in [0.717, 1.165) is 38.6 Å². The Balaban J connectivity index is 1.46. The Hall–Kier alpha value is -4.04. The SMILES string of the molecule is CCCCc1ccc2c(c1)-c1ccc(CC)c[n+]1C(CC)(CC)C2CC[n+]1ccc(-c2ccccc2)cc1-c1ccccc1C. The number of benzene rings is 3. The van der Waals surface area contributed by atoms with Crippen LogP contribution in [0.1, 0.15) is 88.0 Å². The molecule has 0 fully saturated rings. The van der Waals surface area contributed by atoms with Gasteiger partial charge in [0.2, 0.25) is 11.4 Å². The fourth-order valence-corrected chi connectivity index (χ4v) is 7.87. The van der Waals surface area contributed by atoms with Crippen molar-refractivity contribution in [1.82, 2.24) is 0 Å². The van der Waals surface area contributed by atoms with Gasteiger partial charge in [0, 0.05) is 48.6 Å². The molecule has 2 aromatic heterocycles. The first-order valence-electron chi connectivity index (χ1n) is 17.4. The summed E-state index contributed by atoms with van der Waals surface area (Å²) in [5.74, 6) is 0.415. The van der Waals surface area contributed by atoms with Crippen LogP contribution >= 0.6 is 0 Å². The topological polar surface area (TPSA) is 7.76 Å².